The highest BCUT2D eigenvalue weighted by Gasteiger charge is 2.09. The quantitative estimate of drug-likeness (QED) is 0.563. The maximum atomic E-state index is 5.19. The summed E-state index contributed by atoms with van der Waals surface area (Å²) >= 11 is 0. The second-order valence-electron chi connectivity index (χ2n) is 4.18. The summed E-state index contributed by atoms with van der Waals surface area (Å²) in [6.45, 7) is 8.46. The Kier molecular flexibility index (Phi) is 10.3. The van der Waals surface area contributed by atoms with Gasteiger partial charge in [-0.05, 0) is 26.6 Å². The van der Waals surface area contributed by atoms with E-state index < -0.39 is 0 Å². The fourth-order valence-corrected chi connectivity index (χ4v) is 1.77. The molecule has 0 rings (SSSR count). The van der Waals surface area contributed by atoms with Crippen molar-refractivity contribution in [2.24, 2.45) is 0 Å². The fraction of sp³-hybridized carbons (Fsp3) is 1.00. The Balaban J connectivity index is 3.62. The molecule has 0 spiro atoms. The van der Waals surface area contributed by atoms with Crippen LogP contribution < -0.4 is 5.32 Å². The molecule has 0 saturated heterocycles. The van der Waals surface area contributed by atoms with E-state index in [9.17, 15) is 0 Å². The molecule has 0 amide bonds. The van der Waals surface area contributed by atoms with Crippen molar-refractivity contribution in [2.45, 2.75) is 39.2 Å². The first-order valence-corrected chi connectivity index (χ1v) is 6.15. The Morgan fingerprint density at radius 3 is 2.53 bits per heavy atom. The van der Waals surface area contributed by atoms with Gasteiger partial charge in [0.15, 0.2) is 0 Å². The topological polar surface area (TPSA) is 24.5 Å². The molecule has 92 valence electrons. The lowest BCUT2D eigenvalue weighted by Crippen LogP contribution is -2.42. The van der Waals surface area contributed by atoms with Crippen molar-refractivity contribution in [1.29, 1.82) is 0 Å². The first-order valence-electron chi connectivity index (χ1n) is 6.15. The molecule has 0 heterocycles. The van der Waals surface area contributed by atoms with E-state index in [4.69, 9.17) is 4.74 Å². The van der Waals surface area contributed by atoms with Crippen LogP contribution in [0.2, 0.25) is 0 Å². The molecule has 0 aliphatic carbocycles. The normalized spacial score (nSPS) is 13.4. The third-order valence-electron chi connectivity index (χ3n) is 2.54. The molecule has 0 bridgehead atoms. The third-order valence-corrected chi connectivity index (χ3v) is 2.54. The van der Waals surface area contributed by atoms with Gasteiger partial charge < -0.3 is 15.0 Å². The number of hydrogen-bond donors (Lipinski definition) is 1. The van der Waals surface area contributed by atoms with Gasteiger partial charge in [-0.1, -0.05) is 26.7 Å². The molecule has 0 aliphatic rings. The smallest absolute Gasteiger partial charge is 0.0628 e. The van der Waals surface area contributed by atoms with Crippen molar-refractivity contribution in [3.05, 3.63) is 0 Å². The van der Waals surface area contributed by atoms with Crippen LogP contribution >= 0.6 is 0 Å². The molecule has 0 aromatic heterocycles. The minimum absolute atomic E-state index is 0.464. The fourth-order valence-electron chi connectivity index (χ4n) is 1.77. The van der Waals surface area contributed by atoms with E-state index in [1.165, 1.54) is 25.8 Å². The van der Waals surface area contributed by atoms with Crippen LogP contribution in [0.1, 0.15) is 33.1 Å². The summed E-state index contributed by atoms with van der Waals surface area (Å²) in [5.41, 5.74) is 0. The molecule has 1 unspecified atom stereocenters. The van der Waals surface area contributed by atoms with Crippen LogP contribution in [0.3, 0.4) is 0 Å². The molecule has 15 heavy (non-hydrogen) atoms. The van der Waals surface area contributed by atoms with E-state index in [0.29, 0.717) is 6.04 Å². The second-order valence-corrected chi connectivity index (χ2v) is 4.18. The van der Waals surface area contributed by atoms with E-state index in [2.05, 4.69) is 31.1 Å². The molecular weight excluding hydrogens is 188 g/mol. The Labute approximate surface area is 95.2 Å². The standard InChI is InChI=1S/C12H28N2O/c1-5-7-8-9-14(3)10-12(11-15-4)13-6-2/h12-13H,5-11H2,1-4H3. The van der Waals surface area contributed by atoms with Gasteiger partial charge in [0.25, 0.3) is 0 Å². The molecule has 1 atom stereocenters. The Hall–Kier alpha value is -0.120. The number of rotatable bonds is 10. The zero-order valence-electron chi connectivity index (χ0n) is 10.9. The zero-order chi connectivity index (χ0) is 11.5. The highest BCUT2D eigenvalue weighted by molar-refractivity contribution is 4.69. The highest BCUT2D eigenvalue weighted by atomic mass is 16.5. The van der Waals surface area contributed by atoms with Gasteiger partial charge in [0.2, 0.25) is 0 Å². The van der Waals surface area contributed by atoms with Gasteiger partial charge in [0.1, 0.15) is 0 Å². The SMILES string of the molecule is CCCCCN(C)CC(COC)NCC. The van der Waals surface area contributed by atoms with E-state index in [1.54, 1.807) is 7.11 Å². The maximum absolute atomic E-state index is 5.19. The molecule has 0 aromatic carbocycles. The number of likely N-dealkylation sites (N-methyl/N-ethyl adjacent to an activating group) is 2. The van der Waals surface area contributed by atoms with Gasteiger partial charge in [-0.2, -0.15) is 0 Å². The van der Waals surface area contributed by atoms with Gasteiger partial charge in [-0.25, -0.2) is 0 Å². The first kappa shape index (κ1) is 14.9. The van der Waals surface area contributed by atoms with E-state index in [1.807, 2.05) is 0 Å². The lowest BCUT2D eigenvalue weighted by atomic mass is 10.2. The van der Waals surface area contributed by atoms with Gasteiger partial charge in [0, 0.05) is 19.7 Å². The van der Waals surface area contributed by atoms with Crippen LogP contribution in [0.5, 0.6) is 0 Å². The number of hydrogen-bond acceptors (Lipinski definition) is 3. The average Bonchev–Trinajstić information content (AvgIpc) is 2.19. The molecule has 3 heteroatoms. The van der Waals surface area contributed by atoms with Crippen LogP contribution in [0.15, 0.2) is 0 Å². The number of unbranched alkanes of at least 4 members (excludes halogenated alkanes) is 2. The summed E-state index contributed by atoms with van der Waals surface area (Å²) in [4.78, 5) is 2.39. The van der Waals surface area contributed by atoms with Crippen molar-refractivity contribution in [1.82, 2.24) is 10.2 Å². The molecule has 0 aliphatic heterocycles. The molecule has 0 fully saturated rings. The maximum Gasteiger partial charge on any atom is 0.0628 e. The lowest BCUT2D eigenvalue weighted by molar-refractivity contribution is 0.146. The van der Waals surface area contributed by atoms with Crippen LogP contribution in [-0.4, -0.2) is 51.3 Å². The van der Waals surface area contributed by atoms with Crippen molar-refractivity contribution >= 4 is 0 Å². The predicted molar refractivity (Wildman–Crippen MR) is 66.4 cm³/mol. The minimum atomic E-state index is 0.464. The van der Waals surface area contributed by atoms with E-state index in [-0.39, 0.29) is 0 Å². The summed E-state index contributed by atoms with van der Waals surface area (Å²) in [5.74, 6) is 0. The lowest BCUT2D eigenvalue weighted by Gasteiger charge is -2.24. The van der Waals surface area contributed by atoms with E-state index in [0.717, 1.165) is 19.7 Å². The van der Waals surface area contributed by atoms with E-state index >= 15 is 0 Å². The summed E-state index contributed by atoms with van der Waals surface area (Å²) in [5, 5.41) is 3.44. The number of methoxy groups -OCH3 is 1. The van der Waals surface area contributed by atoms with Crippen molar-refractivity contribution in [3.63, 3.8) is 0 Å². The molecule has 1 N–H and O–H groups in total. The van der Waals surface area contributed by atoms with Gasteiger partial charge >= 0.3 is 0 Å². The Bertz CT molecular complexity index is 125. The zero-order valence-corrected chi connectivity index (χ0v) is 10.9. The largest absolute Gasteiger partial charge is 0.383 e. The predicted octanol–water partition coefficient (Wildman–Crippen LogP) is 1.73. The summed E-state index contributed by atoms with van der Waals surface area (Å²) in [7, 11) is 3.96. The molecular formula is C12H28N2O. The molecule has 0 saturated carbocycles. The summed E-state index contributed by atoms with van der Waals surface area (Å²) < 4.78 is 5.19. The summed E-state index contributed by atoms with van der Waals surface area (Å²) in [6, 6.07) is 0.464. The number of nitrogens with one attached hydrogen (secondary N) is 1. The van der Waals surface area contributed by atoms with Gasteiger partial charge in [-0.3, -0.25) is 0 Å². The minimum Gasteiger partial charge on any atom is -0.383 e. The monoisotopic (exact) mass is 216 g/mol. The van der Waals surface area contributed by atoms with Crippen molar-refractivity contribution in [2.75, 3.05) is 40.4 Å². The molecule has 0 aromatic rings. The van der Waals surface area contributed by atoms with Gasteiger partial charge in [-0.15, -0.1) is 0 Å². The van der Waals surface area contributed by atoms with Crippen molar-refractivity contribution in [3.8, 4) is 0 Å². The molecule has 3 nitrogen and oxygen atoms in total. The van der Waals surface area contributed by atoms with Crippen molar-refractivity contribution < 1.29 is 4.74 Å². The summed E-state index contributed by atoms with van der Waals surface area (Å²) in [6.07, 6.45) is 3.93. The van der Waals surface area contributed by atoms with Crippen LogP contribution in [0.25, 0.3) is 0 Å². The molecule has 0 radical (unpaired) electrons. The third kappa shape index (κ3) is 8.85. The first-order chi connectivity index (χ1) is 7.24. The Morgan fingerprint density at radius 1 is 1.27 bits per heavy atom. The number of nitrogens with zero attached hydrogens (tertiary/aromatic N) is 1. The second kappa shape index (κ2) is 10.4. The Morgan fingerprint density at radius 2 is 2.00 bits per heavy atom. The van der Waals surface area contributed by atoms with Crippen LogP contribution in [-0.2, 0) is 4.74 Å². The van der Waals surface area contributed by atoms with Gasteiger partial charge in [0.05, 0.1) is 6.61 Å². The highest BCUT2D eigenvalue weighted by Crippen LogP contribution is 1.98. The average molecular weight is 216 g/mol. The van der Waals surface area contributed by atoms with Crippen LogP contribution in [0.4, 0.5) is 0 Å². The van der Waals surface area contributed by atoms with Crippen LogP contribution in [0, 0.1) is 0 Å². The number of ether oxygens (including phenoxy) is 1.